The van der Waals surface area contributed by atoms with E-state index < -0.39 is 6.04 Å². The minimum atomic E-state index is -0.411. The van der Waals surface area contributed by atoms with Crippen LogP contribution in [0.2, 0.25) is 0 Å². The van der Waals surface area contributed by atoms with Crippen molar-refractivity contribution in [2.45, 2.75) is 6.04 Å². The molecule has 0 saturated carbocycles. The fraction of sp³-hybridized carbons (Fsp3) is 0.333. The lowest BCUT2D eigenvalue weighted by molar-refractivity contribution is 0.252. The van der Waals surface area contributed by atoms with E-state index in [2.05, 4.69) is 15.9 Å². The first-order valence-electron chi connectivity index (χ1n) is 2.84. The van der Waals surface area contributed by atoms with Gasteiger partial charge in [-0.1, -0.05) is 0 Å². The molecule has 1 aromatic rings. The van der Waals surface area contributed by atoms with Gasteiger partial charge in [-0.3, -0.25) is 0 Å². The molecule has 0 aliphatic heterocycles. The fourth-order valence-corrected chi connectivity index (χ4v) is 0.932. The average molecular weight is 206 g/mol. The van der Waals surface area contributed by atoms with Crippen molar-refractivity contribution in [3.8, 4) is 0 Å². The first-order chi connectivity index (χ1) is 4.74. The minimum Gasteiger partial charge on any atom is -0.466 e. The second-order valence-electron chi connectivity index (χ2n) is 1.96. The Labute approximate surface area is 67.0 Å². The van der Waals surface area contributed by atoms with Crippen LogP contribution in [-0.4, -0.2) is 11.7 Å². The Morgan fingerprint density at radius 1 is 1.80 bits per heavy atom. The molecule has 10 heavy (non-hydrogen) atoms. The lowest BCUT2D eigenvalue weighted by atomic mass is 10.2. The van der Waals surface area contributed by atoms with Crippen molar-refractivity contribution in [2.24, 2.45) is 5.73 Å². The van der Waals surface area contributed by atoms with Gasteiger partial charge in [0.2, 0.25) is 0 Å². The molecule has 0 aliphatic carbocycles. The van der Waals surface area contributed by atoms with Crippen LogP contribution in [-0.2, 0) is 0 Å². The molecule has 0 spiro atoms. The Balaban J connectivity index is 2.74. The summed E-state index contributed by atoms with van der Waals surface area (Å²) in [4.78, 5) is 0. The topological polar surface area (TPSA) is 59.4 Å². The van der Waals surface area contributed by atoms with E-state index >= 15 is 0 Å². The molecule has 1 aromatic heterocycles. The molecule has 1 rings (SSSR count). The molecule has 4 heteroatoms. The largest absolute Gasteiger partial charge is 0.466 e. The lowest BCUT2D eigenvalue weighted by Gasteiger charge is -2.01. The van der Waals surface area contributed by atoms with E-state index in [1.807, 2.05) is 0 Å². The van der Waals surface area contributed by atoms with E-state index in [0.29, 0.717) is 5.76 Å². The third-order valence-corrected chi connectivity index (χ3v) is 1.57. The van der Waals surface area contributed by atoms with Crippen molar-refractivity contribution >= 4 is 15.9 Å². The molecule has 0 bridgehead atoms. The SMILES string of the molecule is N[C@@H](CO)c1cc(Br)co1. The third-order valence-electron chi connectivity index (χ3n) is 1.15. The van der Waals surface area contributed by atoms with E-state index in [-0.39, 0.29) is 6.61 Å². The molecule has 1 atom stereocenters. The maximum atomic E-state index is 8.60. The zero-order chi connectivity index (χ0) is 7.56. The van der Waals surface area contributed by atoms with E-state index in [0.717, 1.165) is 4.47 Å². The van der Waals surface area contributed by atoms with Crippen molar-refractivity contribution in [3.05, 3.63) is 22.6 Å². The van der Waals surface area contributed by atoms with E-state index in [4.69, 9.17) is 15.3 Å². The second kappa shape index (κ2) is 3.18. The van der Waals surface area contributed by atoms with Crippen LogP contribution in [0.4, 0.5) is 0 Å². The highest BCUT2D eigenvalue weighted by molar-refractivity contribution is 9.10. The summed E-state index contributed by atoms with van der Waals surface area (Å²) in [5.74, 6) is 0.592. The fourth-order valence-electron chi connectivity index (χ4n) is 0.613. The van der Waals surface area contributed by atoms with Crippen molar-refractivity contribution < 1.29 is 9.52 Å². The molecule has 0 saturated heterocycles. The molecular weight excluding hydrogens is 198 g/mol. The van der Waals surface area contributed by atoms with Gasteiger partial charge in [-0.25, -0.2) is 0 Å². The maximum absolute atomic E-state index is 8.60. The number of aliphatic hydroxyl groups is 1. The van der Waals surface area contributed by atoms with Crippen LogP contribution in [0.1, 0.15) is 11.8 Å². The van der Waals surface area contributed by atoms with Gasteiger partial charge >= 0.3 is 0 Å². The number of aliphatic hydroxyl groups excluding tert-OH is 1. The number of hydrogen-bond donors (Lipinski definition) is 2. The molecule has 56 valence electrons. The van der Waals surface area contributed by atoms with E-state index in [9.17, 15) is 0 Å². The van der Waals surface area contributed by atoms with Gasteiger partial charge in [0.05, 0.1) is 17.1 Å². The van der Waals surface area contributed by atoms with Gasteiger partial charge in [-0.15, -0.1) is 0 Å². The number of nitrogens with two attached hydrogens (primary N) is 1. The molecular formula is C6H8BrNO2. The van der Waals surface area contributed by atoms with Crippen molar-refractivity contribution in [2.75, 3.05) is 6.61 Å². The van der Waals surface area contributed by atoms with Crippen molar-refractivity contribution in [1.29, 1.82) is 0 Å². The Bertz CT molecular complexity index is 211. The quantitative estimate of drug-likeness (QED) is 0.759. The van der Waals surface area contributed by atoms with Crippen LogP contribution in [0, 0.1) is 0 Å². The lowest BCUT2D eigenvalue weighted by Crippen LogP contribution is -2.13. The highest BCUT2D eigenvalue weighted by Crippen LogP contribution is 2.18. The zero-order valence-electron chi connectivity index (χ0n) is 5.25. The predicted octanol–water partition coefficient (Wildman–Crippen LogP) is 1.03. The first kappa shape index (κ1) is 7.78. The summed E-state index contributed by atoms with van der Waals surface area (Å²) in [6, 6.07) is 1.33. The van der Waals surface area contributed by atoms with Crippen LogP contribution in [0.3, 0.4) is 0 Å². The van der Waals surface area contributed by atoms with Crippen LogP contribution >= 0.6 is 15.9 Å². The standard InChI is InChI=1S/C6H8BrNO2/c7-4-1-6(10-3-4)5(8)2-9/h1,3,5,9H,2,8H2/t5-/m0/s1. The van der Waals surface area contributed by atoms with Crippen LogP contribution in [0.15, 0.2) is 21.2 Å². The van der Waals surface area contributed by atoms with E-state index in [1.54, 1.807) is 6.07 Å². The summed E-state index contributed by atoms with van der Waals surface area (Å²) >= 11 is 3.20. The minimum absolute atomic E-state index is 0.0973. The van der Waals surface area contributed by atoms with Crippen molar-refractivity contribution in [3.63, 3.8) is 0 Å². The van der Waals surface area contributed by atoms with Gasteiger partial charge < -0.3 is 15.3 Å². The molecule has 0 unspecified atom stereocenters. The van der Waals surface area contributed by atoms with Gasteiger partial charge in [0.1, 0.15) is 12.0 Å². The summed E-state index contributed by atoms with van der Waals surface area (Å²) in [5, 5.41) is 8.60. The molecule has 0 radical (unpaired) electrons. The molecule has 1 heterocycles. The zero-order valence-corrected chi connectivity index (χ0v) is 6.84. The predicted molar refractivity (Wildman–Crippen MR) is 40.4 cm³/mol. The van der Waals surface area contributed by atoms with Gasteiger partial charge in [0, 0.05) is 0 Å². The summed E-state index contributed by atoms with van der Waals surface area (Å²) < 4.78 is 5.82. The molecule has 0 aromatic carbocycles. The Kier molecular flexibility index (Phi) is 2.48. The number of furan rings is 1. The Hall–Kier alpha value is -0.320. The van der Waals surface area contributed by atoms with Crippen LogP contribution in [0.5, 0.6) is 0 Å². The number of hydrogen-bond acceptors (Lipinski definition) is 3. The van der Waals surface area contributed by atoms with Gasteiger partial charge in [-0.2, -0.15) is 0 Å². The maximum Gasteiger partial charge on any atom is 0.123 e. The summed E-state index contributed by atoms with van der Waals surface area (Å²) in [6.07, 6.45) is 1.53. The monoisotopic (exact) mass is 205 g/mol. The molecule has 0 amide bonds. The van der Waals surface area contributed by atoms with E-state index in [1.165, 1.54) is 6.26 Å². The Morgan fingerprint density at radius 3 is 2.90 bits per heavy atom. The van der Waals surface area contributed by atoms with Gasteiger partial charge in [0.15, 0.2) is 0 Å². The van der Waals surface area contributed by atoms with Crippen LogP contribution in [0.25, 0.3) is 0 Å². The molecule has 3 N–H and O–H groups in total. The highest BCUT2D eigenvalue weighted by Gasteiger charge is 2.07. The Morgan fingerprint density at radius 2 is 2.50 bits per heavy atom. The average Bonchev–Trinajstić information content (AvgIpc) is 2.34. The number of rotatable bonds is 2. The van der Waals surface area contributed by atoms with Crippen molar-refractivity contribution in [1.82, 2.24) is 0 Å². The van der Waals surface area contributed by atoms with Gasteiger partial charge in [0.25, 0.3) is 0 Å². The summed E-state index contributed by atoms with van der Waals surface area (Å²) in [5.41, 5.74) is 5.44. The summed E-state index contributed by atoms with van der Waals surface area (Å²) in [7, 11) is 0. The third kappa shape index (κ3) is 1.59. The van der Waals surface area contributed by atoms with Gasteiger partial charge in [-0.05, 0) is 22.0 Å². The molecule has 0 fully saturated rings. The first-order valence-corrected chi connectivity index (χ1v) is 3.63. The smallest absolute Gasteiger partial charge is 0.123 e. The second-order valence-corrected chi connectivity index (χ2v) is 2.87. The van der Waals surface area contributed by atoms with Crippen LogP contribution < -0.4 is 5.73 Å². The number of halogens is 1. The molecule has 0 aliphatic rings. The normalized spacial score (nSPS) is 13.5. The highest BCUT2D eigenvalue weighted by atomic mass is 79.9. The molecule has 3 nitrogen and oxygen atoms in total. The summed E-state index contributed by atoms with van der Waals surface area (Å²) in [6.45, 7) is -0.0973.